The maximum Gasteiger partial charge on any atom is 0.293 e. The number of hydrogen-bond acceptors (Lipinski definition) is 5. The molecule has 1 aromatic rings. The maximum absolute atomic E-state index is 12.0. The number of nitriles is 1. The minimum absolute atomic E-state index is 0.00582. The number of hydrogen-bond donors (Lipinski definition) is 0. The smallest absolute Gasteiger partial charge is 0.293 e. The molecule has 2 rings (SSSR count). The zero-order valence-corrected chi connectivity index (χ0v) is 12.1. The second-order valence-corrected chi connectivity index (χ2v) is 5.12. The number of aromatic nitrogens is 2. The van der Waals surface area contributed by atoms with Crippen molar-refractivity contribution in [2.24, 2.45) is 7.05 Å². The van der Waals surface area contributed by atoms with Gasteiger partial charge in [-0.15, -0.1) is 0 Å². The zero-order valence-electron chi connectivity index (χ0n) is 12.1. The molecule has 2 heterocycles. The molecular formula is C14H21N5O. The number of piperazine rings is 1. The standard InChI is InChI=1S/C14H21N5O/c1-3-4-12(11-15)18-7-9-19(10-8-18)13-14(20)17(2)6-5-16-13/h5-6,12H,3-4,7-10H2,1-2H3. The lowest BCUT2D eigenvalue weighted by atomic mass is 10.1. The summed E-state index contributed by atoms with van der Waals surface area (Å²) in [5.41, 5.74) is -0.0636. The van der Waals surface area contributed by atoms with Crippen molar-refractivity contribution in [3.8, 4) is 6.07 Å². The first-order chi connectivity index (χ1) is 9.67. The Morgan fingerprint density at radius 1 is 1.40 bits per heavy atom. The molecule has 0 spiro atoms. The first kappa shape index (κ1) is 14.5. The molecule has 0 radical (unpaired) electrons. The third kappa shape index (κ3) is 2.99. The summed E-state index contributed by atoms with van der Waals surface area (Å²) in [4.78, 5) is 20.4. The maximum atomic E-state index is 12.0. The summed E-state index contributed by atoms with van der Waals surface area (Å²) >= 11 is 0. The monoisotopic (exact) mass is 275 g/mol. The molecule has 1 saturated heterocycles. The van der Waals surface area contributed by atoms with Crippen molar-refractivity contribution in [1.29, 1.82) is 5.26 Å². The first-order valence-electron chi connectivity index (χ1n) is 7.07. The molecule has 1 aromatic heterocycles. The summed E-state index contributed by atoms with van der Waals surface area (Å²) in [7, 11) is 1.73. The van der Waals surface area contributed by atoms with Crippen molar-refractivity contribution in [1.82, 2.24) is 14.5 Å². The van der Waals surface area contributed by atoms with E-state index in [4.69, 9.17) is 0 Å². The van der Waals surface area contributed by atoms with Gasteiger partial charge in [0.15, 0.2) is 5.82 Å². The summed E-state index contributed by atoms with van der Waals surface area (Å²) in [6, 6.07) is 2.37. The topological polar surface area (TPSA) is 65.2 Å². The molecule has 0 aliphatic carbocycles. The minimum atomic E-state index is -0.0636. The fraction of sp³-hybridized carbons (Fsp3) is 0.643. The highest BCUT2D eigenvalue weighted by Gasteiger charge is 2.24. The molecule has 20 heavy (non-hydrogen) atoms. The molecule has 1 atom stereocenters. The summed E-state index contributed by atoms with van der Waals surface area (Å²) in [5.74, 6) is 0.513. The van der Waals surface area contributed by atoms with Gasteiger partial charge < -0.3 is 9.47 Å². The normalized spacial score (nSPS) is 17.8. The largest absolute Gasteiger partial charge is 0.349 e. The Labute approximate surface area is 119 Å². The molecule has 0 aromatic carbocycles. The summed E-state index contributed by atoms with van der Waals surface area (Å²) in [6.45, 7) is 5.19. The molecule has 0 bridgehead atoms. The van der Waals surface area contributed by atoms with Crippen LogP contribution in [-0.2, 0) is 7.05 Å². The number of anilines is 1. The first-order valence-corrected chi connectivity index (χ1v) is 7.07. The molecule has 1 fully saturated rings. The van der Waals surface area contributed by atoms with Crippen LogP contribution in [0.25, 0.3) is 0 Å². The highest BCUT2D eigenvalue weighted by molar-refractivity contribution is 5.36. The van der Waals surface area contributed by atoms with E-state index >= 15 is 0 Å². The molecule has 108 valence electrons. The second kappa shape index (κ2) is 6.53. The molecule has 0 amide bonds. The molecule has 6 heteroatoms. The summed E-state index contributed by atoms with van der Waals surface area (Å²) < 4.78 is 1.55. The zero-order chi connectivity index (χ0) is 14.5. The van der Waals surface area contributed by atoms with Crippen LogP contribution in [0.4, 0.5) is 5.82 Å². The third-order valence-electron chi connectivity index (χ3n) is 3.76. The van der Waals surface area contributed by atoms with Gasteiger partial charge in [0, 0.05) is 45.6 Å². The lowest BCUT2D eigenvalue weighted by Crippen LogP contribution is -2.51. The van der Waals surface area contributed by atoms with Gasteiger partial charge in [-0.2, -0.15) is 5.26 Å². The van der Waals surface area contributed by atoms with Gasteiger partial charge in [0.05, 0.1) is 12.1 Å². The van der Waals surface area contributed by atoms with Crippen LogP contribution in [0.5, 0.6) is 0 Å². The SMILES string of the molecule is CCCC(C#N)N1CCN(c2nccn(C)c2=O)CC1. The molecule has 1 unspecified atom stereocenters. The highest BCUT2D eigenvalue weighted by Crippen LogP contribution is 2.13. The molecule has 0 saturated carbocycles. The van der Waals surface area contributed by atoms with Crippen molar-refractivity contribution in [2.45, 2.75) is 25.8 Å². The lowest BCUT2D eigenvalue weighted by molar-refractivity contribution is 0.211. The van der Waals surface area contributed by atoms with Crippen LogP contribution in [0.1, 0.15) is 19.8 Å². The average Bonchev–Trinajstić information content (AvgIpc) is 2.48. The number of aryl methyl sites for hydroxylation is 1. The van der Waals surface area contributed by atoms with E-state index in [9.17, 15) is 10.1 Å². The Kier molecular flexibility index (Phi) is 4.74. The van der Waals surface area contributed by atoms with Gasteiger partial charge >= 0.3 is 0 Å². The Hall–Kier alpha value is -1.87. The molecular weight excluding hydrogens is 254 g/mol. The van der Waals surface area contributed by atoms with E-state index in [2.05, 4.69) is 22.9 Å². The van der Waals surface area contributed by atoms with Crippen molar-refractivity contribution in [3.05, 3.63) is 22.7 Å². The third-order valence-corrected chi connectivity index (χ3v) is 3.76. The fourth-order valence-electron chi connectivity index (χ4n) is 2.55. The van der Waals surface area contributed by atoms with Crippen LogP contribution in [-0.4, -0.2) is 46.7 Å². The van der Waals surface area contributed by atoms with Crippen molar-refractivity contribution >= 4 is 5.82 Å². The Balaban J connectivity index is 2.03. The van der Waals surface area contributed by atoms with Gasteiger partial charge in [-0.3, -0.25) is 9.69 Å². The Bertz CT molecular complexity index is 539. The number of rotatable bonds is 4. The quantitative estimate of drug-likeness (QED) is 0.805. The fourth-order valence-corrected chi connectivity index (χ4v) is 2.55. The average molecular weight is 275 g/mol. The second-order valence-electron chi connectivity index (χ2n) is 5.12. The number of nitrogens with zero attached hydrogens (tertiary/aromatic N) is 5. The van der Waals surface area contributed by atoms with Crippen molar-refractivity contribution in [2.75, 3.05) is 31.1 Å². The molecule has 0 N–H and O–H groups in total. The Morgan fingerprint density at radius 2 is 2.10 bits per heavy atom. The minimum Gasteiger partial charge on any atom is -0.349 e. The van der Waals surface area contributed by atoms with Gasteiger partial charge in [0.1, 0.15) is 0 Å². The van der Waals surface area contributed by atoms with E-state index in [1.807, 2.05) is 4.90 Å². The predicted octanol–water partition coefficient (Wildman–Crippen LogP) is 0.595. The molecule has 1 aliphatic rings. The van der Waals surface area contributed by atoms with Gasteiger partial charge in [-0.05, 0) is 6.42 Å². The summed E-state index contributed by atoms with van der Waals surface area (Å²) in [6.07, 6.45) is 5.23. The molecule has 6 nitrogen and oxygen atoms in total. The van der Waals surface area contributed by atoms with Crippen LogP contribution in [0.3, 0.4) is 0 Å². The van der Waals surface area contributed by atoms with Gasteiger partial charge in [0.2, 0.25) is 0 Å². The van der Waals surface area contributed by atoms with E-state index in [1.54, 1.807) is 24.0 Å². The van der Waals surface area contributed by atoms with E-state index in [0.717, 1.165) is 39.0 Å². The van der Waals surface area contributed by atoms with Crippen LogP contribution in [0, 0.1) is 11.3 Å². The predicted molar refractivity (Wildman–Crippen MR) is 77.6 cm³/mol. The van der Waals surface area contributed by atoms with Gasteiger partial charge in [-0.1, -0.05) is 13.3 Å². The lowest BCUT2D eigenvalue weighted by Gasteiger charge is -2.37. The van der Waals surface area contributed by atoms with Crippen molar-refractivity contribution in [3.63, 3.8) is 0 Å². The Morgan fingerprint density at radius 3 is 2.70 bits per heavy atom. The van der Waals surface area contributed by atoms with E-state index in [-0.39, 0.29) is 11.6 Å². The van der Waals surface area contributed by atoms with E-state index < -0.39 is 0 Å². The van der Waals surface area contributed by atoms with Gasteiger partial charge in [0.25, 0.3) is 5.56 Å². The van der Waals surface area contributed by atoms with Crippen LogP contribution >= 0.6 is 0 Å². The van der Waals surface area contributed by atoms with Crippen LogP contribution in [0.15, 0.2) is 17.2 Å². The van der Waals surface area contributed by atoms with Crippen LogP contribution < -0.4 is 10.5 Å². The van der Waals surface area contributed by atoms with Crippen LogP contribution in [0.2, 0.25) is 0 Å². The van der Waals surface area contributed by atoms with E-state index in [1.165, 1.54) is 0 Å². The molecule has 1 aliphatic heterocycles. The van der Waals surface area contributed by atoms with Crippen molar-refractivity contribution < 1.29 is 0 Å². The highest BCUT2D eigenvalue weighted by atomic mass is 16.1. The van der Waals surface area contributed by atoms with Gasteiger partial charge in [-0.25, -0.2) is 4.98 Å². The van der Waals surface area contributed by atoms with E-state index in [0.29, 0.717) is 5.82 Å². The summed E-state index contributed by atoms with van der Waals surface area (Å²) in [5, 5.41) is 9.20.